The molecule has 0 amide bonds. The summed E-state index contributed by atoms with van der Waals surface area (Å²) in [6, 6.07) is 15.0. The molecule has 5 rings (SSSR count). The van der Waals surface area contributed by atoms with Gasteiger partial charge in [0.25, 0.3) is 0 Å². The Kier molecular flexibility index (Phi) is 3.49. The van der Waals surface area contributed by atoms with Crippen LogP contribution in [-0.4, -0.2) is 27.9 Å². The van der Waals surface area contributed by atoms with Crippen LogP contribution in [-0.2, 0) is 5.41 Å². The summed E-state index contributed by atoms with van der Waals surface area (Å²) in [7, 11) is 0. The number of nitro benzene ring substituents is 1. The maximum atomic E-state index is 11.5. The summed E-state index contributed by atoms with van der Waals surface area (Å²) >= 11 is 0. The van der Waals surface area contributed by atoms with Gasteiger partial charge in [0.05, 0.1) is 29.5 Å². The fraction of sp³-hybridized carbons (Fsp3) is 0.286. The van der Waals surface area contributed by atoms with Gasteiger partial charge in [-0.25, -0.2) is 4.68 Å². The maximum Gasteiger partial charge on any atom is 0.311 e. The normalized spacial score (nSPS) is 22.3. The molecule has 7 nitrogen and oxygen atoms in total. The van der Waals surface area contributed by atoms with E-state index in [1.807, 2.05) is 48.0 Å². The van der Waals surface area contributed by atoms with Crippen LogP contribution in [0.15, 0.2) is 48.5 Å². The van der Waals surface area contributed by atoms with Gasteiger partial charge >= 0.3 is 5.69 Å². The first kappa shape index (κ1) is 16.8. The predicted octanol–water partition coefficient (Wildman–Crippen LogP) is 3.80. The molecule has 2 atom stereocenters. The van der Waals surface area contributed by atoms with E-state index < -0.39 is 5.41 Å². The highest BCUT2D eigenvalue weighted by Crippen LogP contribution is 2.55. The molecule has 2 aliphatic heterocycles. The highest BCUT2D eigenvalue weighted by atomic mass is 16.6. The lowest BCUT2D eigenvalue weighted by molar-refractivity contribution is -0.386. The van der Waals surface area contributed by atoms with Crippen LogP contribution < -0.4 is 9.47 Å². The zero-order valence-corrected chi connectivity index (χ0v) is 15.6. The van der Waals surface area contributed by atoms with E-state index in [1.54, 1.807) is 6.07 Å². The van der Waals surface area contributed by atoms with Crippen LogP contribution in [0.1, 0.15) is 23.7 Å². The number of para-hydroxylation sites is 2. The summed E-state index contributed by atoms with van der Waals surface area (Å²) < 4.78 is 13.8. The molecule has 0 radical (unpaired) electrons. The Balaban J connectivity index is 1.77. The van der Waals surface area contributed by atoms with Crippen molar-refractivity contribution in [3.8, 4) is 17.3 Å². The van der Waals surface area contributed by atoms with Crippen molar-refractivity contribution in [3.05, 3.63) is 75.5 Å². The molecular formula is C21H19N3O4. The molecule has 142 valence electrons. The summed E-state index contributed by atoms with van der Waals surface area (Å²) in [5, 5.41) is 16.3. The van der Waals surface area contributed by atoms with E-state index in [0.29, 0.717) is 24.8 Å². The van der Waals surface area contributed by atoms with Crippen LogP contribution in [0.2, 0.25) is 0 Å². The van der Waals surface area contributed by atoms with E-state index in [-0.39, 0.29) is 16.5 Å². The Morgan fingerprint density at radius 3 is 2.64 bits per heavy atom. The molecular weight excluding hydrogens is 358 g/mol. The van der Waals surface area contributed by atoms with Gasteiger partial charge in [0, 0.05) is 28.5 Å². The minimum atomic E-state index is -0.482. The van der Waals surface area contributed by atoms with E-state index >= 15 is 0 Å². The van der Waals surface area contributed by atoms with E-state index in [2.05, 4.69) is 6.92 Å². The van der Waals surface area contributed by atoms with Gasteiger partial charge in [-0.1, -0.05) is 37.3 Å². The van der Waals surface area contributed by atoms with Crippen LogP contribution in [0.3, 0.4) is 0 Å². The molecule has 0 spiro atoms. The first-order chi connectivity index (χ1) is 13.5. The van der Waals surface area contributed by atoms with Crippen molar-refractivity contribution < 1.29 is 14.4 Å². The number of benzene rings is 2. The number of aryl methyl sites for hydroxylation is 1. The van der Waals surface area contributed by atoms with E-state index in [4.69, 9.17) is 14.6 Å². The third-order valence-corrected chi connectivity index (χ3v) is 5.96. The van der Waals surface area contributed by atoms with Crippen LogP contribution >= 0.6 is 0 Å². The zero-order valence-electron chi connectivity index (χ0n) is 15.6. The largest absolute Gasteiger partial charge is 0.486 e. The monoisotopic (exact) mass is 377 g/mol. The van der Waals surface area contributed by atoms with Crippen LogP contribution in [0.5, 0.6) is 11.6 Å². The fourth-order valence-electron chi connectivity index (χ4n) is 4.51. The van der Waals surface area contributed by atoms with Crippen molar-refractivity contribution in [3.63, 3.8) is 0 Å². The lowest BCUT2D eigenvalue weighted by Gasteiger charge is -2.45. The maximum absolute atomic E-state index is 11.5. The van der Waals surface area contributed by atoms with Crippen LogP contribution in [0.4, 0.5) is 5.69 Å². The molecule has 0 aliphatic carbocycles. The summed E-state index contributed by atoms with van der Waals surface area (Å²) in [4.78, 5) is 11.1. The molecule has 0 bridgehead atoms. The SMILES string of the molecule is Cc1nn(-c2ccccc2)c2c1[C@]1(C)c3cccc([N+](=O)[O-])c3OC[C@@H]1CO2. The van der Waals surface area contributed by atoms with Gasteiger partial charge in [-0.2, -0.15) is 5.10 Å². The number of hydrogen-bond acceptors (Lipinski definition) is 5. The molecule has 2 aliphatic rings. The molecule has 2 aromatic carbocycles. The lowest BCUT2D eigenvalue weighted by atomic mass is 9.65. The van der Waals surface area contributed by atoms with E-state index in [0.717, 1.165) is 22.5 Å². The summed E-state index contributed by atoms with van der Waals surface area (Å²) in [5.41, 5.74) is 3.07. The van der Waals surface area contributed by atoms with Crippen LogP contribution in [0.25, 0.3) is 5.69 Å². The Bertz CT molecular complexity index is 1090. The molecule has 0 unspecified atom stereocenters. The number of nitrogens with zero attached hydrogens (tertiary/aromatic N) is 3. The molecule has 28 heavy (non-hydrogen) atoms. The van der Waals surface area contributed by atoms with Gasteiger partial charge in [-0.15, -0.1) is 0 Å². The van der Waals surface area contributed by atoms with Crippen molar-refractivity contribution in [2.75, 3.05) is 13.2 Å². The Labute approximate surface area is 161 Å². The molecule has 7 heteroatoms. The van der Waals surface area contributed by atoms with Crippen molar-refractivity contribution >= 4 is 5.69 Å². The van der Waals surface area contributed by atoms with Gasteiger partial charge < -0.3 is 9.47 Å². The summed E-state index contributed by atoms with van der Waals surface area (Å²) in [6.45, 7) is 4.91. The van der Waals surface area contributed by atoms with Gasteiger partial charge in [-0.3, -0.25) is 10.1 Å². The number of rotatable bonds is 2. The second-order valence-electron chi connectivity index (χ2n) is 7.45. The number of fused-ring (bicyclic) bond motifs is 5. The van der Waals surface area contributed by atoms with Gasteiger partial charge in [-0.05, 0) is 19.1 Å². The molecule has 3 heterocycles. The molecule has 0 saturated carbocycles. The van der Waals surface area contributed by atoms with Crippen LogP contribution in [0, 0.1) is 23.0 Å². The van der Waals surface area contributed by atoms with E-state index in [9.17, 15) is 10.1 Å². The summed E-state index contributed by atoms with van der Waals surface area (Å²) in [6.07, 6.45) is 0. The van der Waals surface area contributed by atoms with Crippen molar-refractivity contribution in [1.82, 2.24) is 9.78 Å². The fourth-order valence-corrected chi connectivity index (χ4v) is 4.51. The molecule has 0 fully saturated rings. The highest BCUT2D eigenvalue weighted by molar-refractivity contribution is 5.62. The standard InChI is InChI=1S/C21H19N3O4/c1-13-18-20(23(22-13)15-7-4-3-5-8-15)28-12-14-11-27-19-16(21(14,18)2)9-6-10-17(19)24(25)26/h3-10,14H,11-12H2,1-2H3/t14-,21+/m1/s1. The molecule has 1 aromatic heterocycles. The van der Waals surface area contributed by atoms with E-state index in [1.165, 1.54) is 6.07 Å². The highest BCUT2D eigenvalue weighted by Gasteiger charge is 2.52. The smallest absolute Gasteiger partial charge is 0.311 e. The van der Waals surface area contributed by atoms with Crippen molar-refractivity contribution in [2.24, 2.45) is 5.92 Å². The number of ether oxygens (including phenoxy) is 2. The first-order valence-corrected chi connectivity index (χ1v) is 9.21. The Hall–Kier alpha value is -3.35. The van der Waals surface area contributed by atoms with Gasteiger partial charge in [0.15, 0.2) is 0 Å². The number of hydrogen-bond donors (Lipinski definition) is 0. The quantitative estimate of drug-likeness (QED) is 0.501. The third kappa shape index (κ3) is 2.13. The zero-order chi connectivity index (χ0) is 19.5. The minimum absolute atomic E-state index is 0.00155. The molecule has 0 saturated heterocycles. The predicted molar refractivity (Wildman–Crippen MR) is 102 cm³/mol. The number of nitro groups is 1. The Morgan fingerprint density at radius 1 is 1.14 bits per heavy atom. The molecule has 3 aromatic rings. The second kappa shape index (κ2) is 5.82. The van der Waals surface area contributed by atoms with Crippen molar-refractivity contribution in [1.29, 1.82) is 0 Å². The molecule has 0 N–H and O–H groups in total. The second-order valence-corrected chi connectivity index (χ2v) is 7.45. The Morgan fingerprint density at radius 2 is 1.89 bits per heavy atom. The lowest BCUT2D eigenvalue weighted by Crippen LogP contribution is -2.47. The minimum Gasteiger partial charge on any atom is -0.486 e. The summed E-state index contributed by atoms with van der Waals surface area (Å²) in [5.74, 6) is 1.09. The average Bonchev–Trinajstić information content (AvgIpc) is 3.05. The van der Waals surface area contributed by atoms with Crippen molar-refractivity contribution in [2.45, 2.75) is 19.3 Å². The third-order valence-electron chi connectivity index (χ3n) is 5.96. The average molecular weight is 377 g/mol. The topological polar surface area (TPSA) is 79.4 Å². The van der Waals surface area contributed by atoms with Gasteiger partial charge in [0.2, 0.25) is 11.6 Å². The first-order valence-electron chi connectivity index (χ1n) is 9.21. The number of aromatic nitrogens is 2. The van der Waals surface area contributed by atoms with Gasteiger partial charge in [0.1, 0.15) is 0 Å².